The molecule has 0 bridgehead atoms. The molecule has 1 aromatic carbocycles. The van der Waals surface area contributed by atoms with Crippen LogP contribution in [0.4, 0.5) is 5.69 Å². The van der Waals surface area contributed by atoms with Gasteiger partial charge in [-0.25, -0.2) is 0 Å². The van der Waals surface area contributed by atoms with Crippen LogP contribution < -0.4 is 5.32 Å². The number of aliphatic imine (C=N–C) groups is 1. The zero-order valence-electron chi connectivity index (χ0n) is 6.75. The quantitative estimate of drug-likeness (QED) is 0.695. The van der Waals surface area contributed by atoms with Gasteiger partial charge in [-0.2, -0.15) is 0 Å². The van der Waals surface area contributed by atoms with Crippen LogP contribution in [0.2, 0.25) is 0 Å². The van der Waals surface area contributed by atoms with Crippen molar-refractivity contribution in [1.29, 1.82) is 0 Å². The van der Waals surface area contributed by atoms with Crippen molar-refractivity contribution in [3.63, 3.8) is 0 Å². The summed E-state index contributed by atoms with van der Waals surface area (Å²) in [4.78, 5) is 14.9. The fraction of sp³-hybridized carbons (Fsp3) is 0.111. The number of benzene rings is 1. The van der Waals surface area contributed by atoms with E-state index in [2.05, 4.69) is 10.3 Å². The van der Waals surface area contributed by atoms with Crippen molar-refractivity contribution >= 4 is 28.9 Å². The summed E-state index contributed by atoms with van der Waals surface area (Å²) in [6, 6.07) is 5.28. The van der Waals surface area contributed by atoms with Crippen molar-refractivity contribution < 1.29 is 4.79 Å². The molecule has 1 aliphatic rings. The summed E-state index contributed by atoms with van der Waals surface area (Å²) in [6.45, 7) is 0.598. The zero-order chi connectivity index (χ0) is 9.26. The van der Waals surface area contributed by atoms with Crippen LogP contribution in [0, 0.1) is 0 Å². The highest BCUT2D eigenvalue weighted by atomic mass is 35.5. The van der Waals surface area contributed by atoms with Crippen LogP contribution in [0.25, 0.3) is 0 Å². The molecule has 0 aliphatic carbocycles. The molecule has 0 radical (unpaired) electrons. The van der Waals surface area contributed by atoms with Crippen molar-refractivity contribution in [2.75, 3.05) is 5.32 Å². The number of rotatable bonds is 1. The Morgan fingerprint density at radius 1 is 1.54 bits per heavy atom. The molecule has 0 atom stereocenters. The van der Waals surface area contributed by atoms with Crippen LogP contribution in [0.5, 0.6) is 0 Å². The molecule has 1 N–H and O–H groups in total. The molecule has 0 fully saturated rings. The SMILES string of the molecule is O=C(Cl)c1ccc2c(c1)CN=CN2. The van der Waals surface area contributed by atoms with Gasteiger partial charge in [0.15, 0.2) is 0 Å². The average Bonchev–Trinajstić information content (AvgIpc) is 2.17. The van der Waals surface area contributed by atoms with E-state index < -0.39 is 5.24 Å². The topological polar surface area (TPSA) is 41.5 Å². The van der Waals surface area contributed by atoms with Gasteiger partial charge in [-0.15, -0.1) is 0 Å². The fourth-order valence-electron chi connectivity index (χ4n) is 1.25. The van der Waals surface area contributed by atoms with Crippen LogP contribution >= 0.6 is 11.6 Å². The molecule has 1 aromatic rings. The van der Waals surface area contributed by atoms with Gasteiger partial charge in [-0.05, 0) is 35.4 Å². The zero-order valence-corrected chi connectivity index (χ0v) is 7.51. The lowest BCUT2D eigenvalue weighted by Crippen LogP contribution is -2.05. The minimum absolute atomic E-state index is 0.433. The molecule has 0 saturated carbocycles. The Kier molecular flexibility index (Phi) is 2.02. The van der Waals surface area contributed by atoms with E-state index in [1.165, 1.54) is 0 Å². The number of nitrogens with zero attached hydrogens (tertiary/aromatic N) is 1. The summed E-state index contributed by atoms with van der Waals surface area (Å²) in [5.74, 6) is 0. The average molecular weight is 195 g/mol. The van der Waals surface area contributed by atoms with Crippen molar-refractivity contribution in [1.82, 2.24) is 0 Å². The van der Waals surface area contributed by atoms with Crippen LogP contribution in [0.1, 0.15) is 15.9 Å². The Balaban J connectivity index is 2.44. The number of hydrogen-bond donors (Lipinski definition) is 1. The number of carbonyl (C=O) groups excluding carboxylic acids is 1. The van der Waals surface area contributed by atoms with Crippen molar-refractivity contribution in [2.24, 2.45) is 4.99 Å². The second-order valence-corrected chi connectivity index (χ2v) is 3.10. The summed E-state index contributed by atoms with van der Waals surface area (Å²) in [6.07, 6.45) is 1.64. The summed E-state index contributed by atoms with van der Waals surface area (Å²) in [7, 11) is 0. The molecule has 13 heavy (non-hydrogen) atoms. The number of halogens is 1. The Bertz CT molecular complexity index is 387. The van der Waals surface area contributed by atoms with Crippen LogP contribution in [0.15, 0.2) is 23.2 Å². The lowest BCUT2D eigenvalue weighted by Gasteiger charge is -2.12. The molecule has 4 heteroatoms. The predicted molar refractivity (Wildman–Crippen MR) is 52.4 cm³/mol. The number of nitrogens with one attached hydrogen (secondary N) is 1. The Labute approximate surface area is 80.4 Å². The molecule has 0 aromatic heterocycles. The standard InChI is InChI=1S/C9H7ClN2O/c10-9(13)6-1-2-8-7(3-6)4-11-5-12-8/h1-3,5H,4H2,(H,11,12). The van der Waals surface area contributed by atoms with E-state index in [1.54, 1.807) is 18.5 Å². The number of anilines is 1. The largest absolute Gasteiger partial charge is 0.346 e. The molecule has 2 rings (SSSR count). The molecule has 1 aliphatic heterocycles. The first kappa shape index (κ1) is 8.26. The molecule has 0 unspecified atom stereocenters. The number of carbonyl (C=O) groups is 1. The van der Waals surface area contributed by atoms with E-state index in [9.17, 15) is 4.79 Å². The monoisotopic (exact) mass is 194 g/mol. The summed E-state index contributed by atoms with van der Waals surface area (Å²) in [5, 5.41) is 2.55. The van der Waals surface area contributed by atoms with Gasteiger partial charge in [0.2, 0.25) is 0 Å². The fourth-order valence-corrected chi connectivity index (χ4v) is 1.36. The number of fused-ring (bicyclic) bond motifs is 1. The first-order valence-corrected chi connectivity index (χ1v) is 4.23. The third kappa shape index (κ3) is 1.55. The van der Waals surface area contributed by atoms with Crippen molar-refractivity contribution in [3.8, 4) is 0 Å². The Morgan fingerprint density at radius 2 is 2.38 bits per heavy atom. The van der Waals surface area contributed by atoms with Gasteiger partial charge in [-0.1, -0.05) is 0 Å². The maximum atomic E-state index is 10.8. The van der Waals surface area contributed by atoms with E-state index in [4.69, 9.17) is 11.6 Å². The minimum atomic E-state index is -0.433. The minimum Gasteiger partial charge on any atom is -0.346 e. The van der Waals surface area contributed by atoms with Gasteiger partial charge in [0.25, 0.3) is 5.24 Å². The maximum Gasteiger partial charge on any atom is 0.252 e. The molecule has 3 nitrogen and oxygen atoms in total. The lowest BCUT2D eigenvalue weighted by molar-refractivity contribution is 0.108. The second kappa shape index (κ2) is 3.18. The molecule has 0 saturated heterocycles. The van der Waals surface area contributed by atoms with Gasteiger partial charge < -0.3 is 5.32 Å². The molecule has 66 valence electrons. The van der Waals surface area contributed by atoms with E-state index in [-0.39, 0.29) is 0 Å². The Hall–Kier alpha value is -1.35. The van der Waals surface area contributed by atoms with Gasteiger partial charge in [-0.3, -0.25) is 9.79 Å². The Morgan fingerprint density at radius 3 is 3.15 bits per heavy atom. The predicted octanol–water partition coefficient (Wildman–Crippen LogP) is 2.02. The highest BCUT2D eigenvalue weighted by Gasteiger charge is 2.08. The number of hydrogen-bond acceptors (Lipinski definition) is 3. The first-order chi connectivity index (χ1) is 6.27. The third-order valence-corrected chi connectivity index (χ3v) is 2.12. The molecule has 1 heterocycles. The smallest absolute Gasteiger partial charge is 0.252 e. The molecular formula is C9H7ClN2O. The van der Waals surface area contributed by atoms with E-state index >= 15 is 0 Å². The van der Waals surface area contributed by atoms with Crippen LogP contribution in [-0.4, -0.2) is 11.6 Å². The maximum absolute atomic E-state index is 10.8. The second-order valence-electron chi connectivity index (χ2n) is 2.76. The van der Waals surface area contributed by atoms with E-state index in [0.29, 0.717) is 12.1 Å². The van der Waals surface area contributed by atoms with Crippen LogP contribution in [-0.2, 0) is 6.54 Å². The van der Waals surface area contributed by atoms with Gasteiger partial charge in [0, 0.05) is 11.3 Å². The van der Waals surface area contributed by atoms with Gasteiger partial charge >= 0.3 is 0 Å². The summed E-state index contributed by atoms with van der Waals surface area (Å²) >= 11 is 5.35. The summed E-state index contributed by atoms with van der Waals surface area (Å²) in [5.41, 5.74) is 2.49. The van der Waals surface area contributed by atoms with Crippen LogP contribution in [0.3, 0.4) is 0 Å². The van der Waals surface area contributed by atoms with Gasteiger partial charge in [0.1, 0.15) is 0 Å². The normalized spacial score (nSPS) is 13.3. The van der Waals surface area contributed by atoms with E-state index in [1.807, 2.05) is 6.07 Å². The van der Waals surface area contributed by atoms with Gasteiger partial charge in [0.05, 0.1) is 12.9 Å². The lowest BCUT2D eigenvalue weighted by atomic mass is 10.1. The first-order valence-electron chi connectivity index (χ1n) is 3.85. The summed E-state index contributed by atoms with van der Waals surface area (Å²) < 4.78 is 0. The van der Waals surface area contributed by atoms with Crippen molar-refractivity contribution in [2.45, 2.75) is 6.54 Å². The molecule has 0 amide bonds. The third-order valence-electron chi connectivity index (χ3n) is 1.91. The van der Waals surface area contributed by atoms with Crippen molar-refractivity contribution in [3.05, 3.63) is 29.3 Å². The van der Waals surface area contributed by atoms with E-state index in [0.717, 1.165) is 11.3 Å². The molecule has 0 spiro atoms. The highest BCUT2D eigenvalue weighted by molar-refractivity contribution is 6.67. The molecular weight excluding hydrogens is 188 g/mol. The highest BCUT2D eigenvalue weighted by Crippen LogP contribution is 2.21.